The molecule has 0 aromatic heterocycles. The lowest BCUT2D eigenvalue weighted by Crippen LogP contribution is -2.53. The van der Waals surface area contributed by atoms with Gasteiger partial charge < -0.3 is 15.7 Å². The van der Waals surface area contributed by atoms with Crippen LogP contribution in [0.2, 0.25) is 0 Å². The fourth-order valence-corrected chi connectivity index (χ4v) is 6.15. The Bertz CT molecular complexity index is 1140. The molecule has 12 heteroatoms. The number of sulfonamides is 1. The summed E-state index contributed by atoms with van der Waals surface area (Å²) in [7, 11) is -3.96. The molecule has 0 bridgehead atoms. The second kappa shape index (κ2) is 13.0. The zero-order valence-corrected chi connectivity index (χ0v) is 21.9. The smallest absolute Gasteiger partial charge is 0.404 e. The van der Waals surface area contributed by atoms with Crippen molar-refractivity contribution in [3.63, 3.8) is 0 Å². The second-order valence-corrected chi connectivity index (χ2v) is 11.5. The predicted molar refractivity (Wildman–Crippen MR) is 140 cm³/mol. The molecular weight excluding hydrogens is 498 g/mol. The monoisotopic (exact) mass is 533 g/mol. The fourth-order valence-electron chi connectivity index (χ4n) is 4.48. The van der Waals surface area contributed by atoms with Crippen LogP contribution in [0.5, 0.6) is 0 Å². The average molecular weight is 534 g/mol. The molecule has 1 amide bonds. The molecular formula is C25H35N5O6S. The van der Waals surface area contributed by atoms with Crippen LogP contribution in [0, 0.1) is 16.0 Å². The van der Waals surface area contributed by atoms with E-state index in [1.807, 2.05) is 44.2 Å². The highest BCUT2D eigenvalue weighted by molar-refractivity contribution is 7.89. The van der Waals surface area contributed by atoms with E-state index in [0.29, 0.717) is 39.1 Å². The predicted octanol–water partition coefficient (Wildman–Crippen LogP) is 2.74. The summed E-state index contributed by atoms with van der Waals surface area (Å²) >= 11 is 0. The molecule has 3 N–H and O–H groups in total. The third kappa shape index (κ3) is 7.96. The minimum Gasteiger partial charge on any atom is -0.465 e. The van der Waals surface area contributed by atoms with E-state index in [-0.39, 0.29) is 29.1 Å². The minimum absolute atomic E-state index is 0.00894. The van der Waals surface area contributed by atoms with Gasteiger partial charge in [-0.2, -0.15) is 4.31 Å². The summed E-state index contributed by atoms with van der Waals surface area (Å²) < 4.78 is 29.2. The summed E-state index contributed by atoms with van der Waals surface area (Å²) in [5.41, 5.74) is 0.939. The van der Waals surface area contributed by atoms with Gasteiger partial charge in [-0.25, -0.2) is 13.2 Å². The Kier molecular flexibility index (Phi) is 9.98. The van der Waals surface area contributed by atoms with Crippen LogP contribution in [0.4, 0.5) is 10.5 Å². The van der Waals surface area contributed by atoms with Gasteiger partial charge in [-0.05, 0) is 30.0 Å². The van der Waals surface area contributed by atoms with Crippen LogP contribution in [-0.4, -0.2) is 78.6 Å². The van der Waals surface area contributed by atoms with Crippen LogP contribution >= 0.6 is 0 Å². The highest BCUT2D eigenvalue weighted by atomic mass is 32.2. The van der Waals surface area contributed by atoms with Crippen LogP contribution < -0.4 is 10.6 Å². The lowest BCUT2D eigenvalue weighted by molar-refractivity contribution is -0.384. The topological polar surface area (TPSA) is 145 Å². The summed E-state index contributed by atoms with van der Waals surface area (Å²) in [6.07, 6.45) is -0.468. The average Bonchev–Trinajstić information content (AvgIpc) is 3.24. The highest BCUT2D eigenvalue weighted by Gasteiger charge is 2.41. The van der Waals surface area contributed by atoms with Gasteiger partial charge in [0, 0.05) is 57.4 Å². The Hall–Kier alpha value is -3.06. The van der Waals surface area contributed by atoms with Gasteiger partial charge in [0.25, 0.3) is 5.69 Å². The molecule has 1 heterocycles. The van der Waals surface area contributed by atoms with Crippen LogP contribution in [-0.2, 0) is 16.6 Å². The van der Waals surface area contributed by atoms with Gasteiger partial charge in [0.1, 0.15) is 0 Å². The van der Waals surface area contributed by atoms with Gasteiger partial charge in [-0.3, -0.25) is 15.0 Å². The summed E-state index contributed by atoms with van der Waals surface area (Å²) in [5, 5.41) is 25.6. The van der Waals surface area contributed by atoms with E-state index in [4.69, 9.17) is 5.11 Å². The molecule has 11 nitrogen and oxygen atoms in total. The first-order valence-corrected chi connectivity index (χ1v) is 13.7. The third-order valence-electron chi connectivity index (χ3n) is 6.37. The van der Waals surface area contributed by atoms with E-state index in [9.17, 15) is 23.3 Å². The lowest BCUT2D eigenvalue weighted by Gasteiger charge is -2.32. The van der Waals surface area contributed by atoms with E-state index >= 15 is 0 Å². The van der Waals surface area contributed by atoms with E-state index in [1.54, 1.807) is 0 Å². The van der Waals surface area contributed by atoms with Crippen LogP contribution in [0.1, 0.15) is 25.8 Å². The van der Waals surface area contributed by atoms with E-state index in [1.165, 1.54) is 28.6 Å². The molecule has 0 radical (unpaired) electrons. The van der Waals surface area contributed by atoms with Crippen molar-refractivity contribution < 1.29 is 23.2 Å². The summed E-state index contributed by atoms with van der Waals surface area (Å²) in [6.45, 7) is 6.62. The molecule has 2 aromatic rings. The first kappa shape index (κ1) is 28.5. The first-order chi connectivity index (χ1) is 17.6. The number of benzene rings is 2. The molecule has 0 saturated carbocycles. The molecule has 3 rings (SSSR count). The molecule has 1 aliphatic heterocycles. The number of carbonyl (C=O) groups is 1. The molecule has 1 aliphatic rings. The van der Waals surface area contributed by atoms with Crippen molar-refractivity contribution in [2.24, 2.45) is 5.92 Å². The van der Waals surface area contributed by atoms with Crippen molar-refractivity contribution in [2.75, 3.05) is 32.7 Å². The Morgan fingerprint density at radius 2 is 1.81 bits per heavy atom. The molecule has 37 heavy (non-hydrogen) atoms. The number of nitro groups is 1. The van der Waals surface area contributed by atoms with Crippen molar-refractivity contribution in [3.8, 4) is 0 Å². The summed E-state index contributed by atoms with van der Waals surface area (Å²) in [4.78, 5) is 23.6. The first-order valence-electron chi connectivity index (χ1n) is 12.3. The number of rotatable bonds is 13. The van der Waals surface area contributed by atoms with Crippen molar-refractivity contribution in [1.82, 2.24) is 19.8 Å². The van der Waals surface area contributed by atoms with Crippen molar-refractivity contribution in [2.45, 2.75) is 43.8 Å². The van der Waals surface area contributed by atoms with Crippen LogP contribution in [0.3, 0.4) is 0 Å². The molecule has 0 spiro atoms. The Labute approximate surface area is 217 Å². The summed E-state index contributed by atoms with van der Waals surface area (Å²) in [6, 6.07) is 14.3. The number of hydrogen-bond donors (Lipinski definition) is 3. The van der Waals surface area contributed by atoms with E-state index in [0.717, 1.165) is 5.56 Å². The molecule has 1 saturated heterocycles. The maximum Gasteiger partial charge on any atom is 0.404 e. The lowest BCUT2D eigenvalue weighted by atomic mass is 10.1. The van der Waals surface area contributed by atoms with Gasteiger partial charge in [0.15, 0.2) is 0 Å². The van der Waals surface area contributed by atoms with Gasteiger partial charge >= 0.3 is 6.09 Å². The summed E-state index contributed by atoms with van der Waals surface area (Å²) in [5.74, 6) is 0.266. The van der Waals surface area contributed by atoms with E-state index < -0.39 is 27.1 Å². The number of carboxylic acid groups (broad SMARTS) is 1. The van der Waals surface area contributed by atoms with Crippen molar-refractivity contribution >= 4 is 21.8 Å². The molecule has 202 valence electrons. The maximum atomic E-state index is 13.9. The Morgan fingerprint density at radius 1 is 1.14 bits per heavy atom. The zero-order valence-electron chi connectivity index (χ0n) is 21.1. The number of nitrogens with zero attached hydrogens (tertiary/aromatic N) is 3. The standard InChI is InChI=1S/C25H35N5O6S/c1-19(2)12-15-29(37(35,36)22-10-8-21(9-11-22)30(33)34)24-18-28(16-20-6-4-3-5-7-20)17-23(24)26-13-14-27-25(31)32/h3-11,19,23-24,26-27H,12-18H2,1-2H3,(H,31,32)/t23-,24+/m1/s1. The second-order valence-electron chi connectivity index (χ2n) is 9.59. The van der Waals surface area contributed by atoms with Gasteiger partial charge in [0.05, 0.1) is 15.9 Å². The van der Waals surface area contributed by atoms with Crippen LogP contribution in [0.15, 0.2) is 59.5 Å². The zero-order chi connectivity index (χ0) is 27.0. The van der Waals surface area contributed by atoms with Gasteiger partial charge in [0.2, 0.25) is 10.0 Å². The number of non-ortho nitro benzene ring substituents is 1. The maximum absolute atomic E-state index is 13.9. The van der Waals surface area contributed by atoms with Gasteiger partial charge in [-0.15, -0.1) is 0 Å². The number of nitro benzene ring substituents is 1. The quantitative estimate of drug-likeness (QED) is 0.202. The largest absolute Gasteiger partial charge is 0.465 e. The Balaban J connectivity index is 1.89. The molecule has 2 atom stereocenters. The molecule has 0 unspecified atom stereocenters. The molecule has 2 aromatic carbocycles. The fraction of sp³-hybridized carbons (Fsp3) is 0.480. The van der Waals surface area contributed by atoms with Crippen molar-refractivity contribution in [1.29, 1.82) is 0 Å². The normalized spacial score (nSPS) is 18.4. The minimum atomic E-state index is -3.96. The number of amides is 1. The SMILES string of the molecule is CC(C)CCN([C@H]1CN(Cc2ccccc2)C[C@H]1NCCNC(=O)O)S(=O)(=O)c1ccc([N+](=O)[O-])cc1. The number of nitrogens with one attached hydrogen (secondary N) is 2. The molecule has 0 aliphatic carbocycles. The highest BCUT2D eigenvalue weighted by Crippen LogP contribution is 2.27. The van der Waals surface area contributed by atoms with Gasteiger partial charge in [-0.1, -0.05) is 44.2 Å². The van der Waals surface area contributed by atoms with E-state index in [2.05, 4.69) is 15.5 Å². The number of likely N-dealkylation sites (tertiary alicyclic amines) is 1. The molecule has 1 fully saturated rings. The van der Waals surface area contributed by atoms with Crippen LogP contribution in [0.25, 0.3) is 0 Å². The van der Waals surface area contributed by atoms with Crippen molar-refractivity contribution in [3.05, 3.63) is 70.3 Å². The third-order valence-corrected chi connectivity index (χ3v) is 8.31. The Morgan fingerprint density at radius 3 is 2.41 bits per heavy atom. The number of hydrogen-bond acceptors (Lipinski definition) is 7.